The van der Waals surface area contributed by atoms with Crippen molar-refractivity contribution in [3.8, 4) is 11.3 Å². The van der Waals surface area contributed by atoms with E-state index in [1.54, 1.807) is 18.2 Å². The largest absolute Gasteiger partial charge is 0.465 e. The molecule has 0 atom stereocenters. The first-order chi connectivity index (χ1) is 11.1. The van der Waals surface area contributed by atoms with Crippen LogP contribution in [0.1, 0.15) is 33.4 Å². The van der Waals surface area contributed by atoms with Crippen LogP contribution in [0, 0.1) is 0 Å². The van der Waals surface area contributed by atoms with E-state index in [1.807, 2.05) is 13.0 Å². The molecule has 0 aliphatic rings. The molecule has 1 aromatic heterocycles. The predicted octanol–water partition coefficient (Wildman–Crippen LogP) is 3.05. The highest BCUT2D eigenvalue weighted by Gasteiger charge is 2.16. The summed E-state index contributed by atoms with van der Waals surface area (Å²) in [6.45, 7) is 3.45. The zero-order valence-corrected chi connectivity index (χ0v) is 14.6. The molecule has 0 unspecified atom stereocenters. The number of carbonyl (C=O) groups is 2. The van der Waals surface area contributed by atoms with Gasteiger partial charge in [-0.25, -0.2) is 9.59 Å². The maximum Gasteiger partial charge on any atom is 0.337 e. The number of halogens is 1. The van der Waals surface area contributed by atoms with Crippen LogP contribution in [0.2, 0.25) is 0 Å². The van der Waals surface area contributed by atoms with E-state index in [9.17, 15) is 9.59 Å². The van der Waals surface area contributed by atoms with Gasteiger partial charge in [0.05, 0.1) is 31.9 Å². The number of carbonyl (C=O) groups excluding carboxylic acids is 2. The third-order valence-corrected chi connectivity index (χ3v) is 3.27. The van der Waals surface area contributed by atoms with Crippen molar-refractivity contribution in [3.63, 3.8) is 0 Å². The number of benzene rings is 1. The Hall–Kier alpha value is -2.31. The summed E-state index contributed by atoms with van der Waals surface area (Å²) in [7, 11) is 2.57. The molecular weight excluding hydrogens is 334 g/mol. The summed E-state index contributed by atoms with van der Waals surface area (Å²) in [4.78, 5) is 23.6. The number of furan rings is 1. The van der Waals surface area contributed by atoms with Crippen molar-refractivity contribution in [2.24, 2.45) is 0 Å². The second-order valence-electron chi connectivity index (χ2n) is 4.83. The van der Waals surface area contributed by atoms with Crippen molar-refractivity contribution >= 4 is 24.3 Å². The Morgan fingerprint density at radius 1 is 1.04 bits per heavy atom. The van der Waals surface area contributed by atoms with E-state index < -0.39 is 11.9 Å². The van der Waals surface area contributed by atoms with Gasteiger partial charge in [-0.05, 0) is 36.9 Å². The van der Waals surface area contributed by atoms with Gasteiger partial charge in [0.2, 0.25) is 0 Å². The highest BCUT2D eigenvalue weighted by Crippen LogP contribution is 2.25. The minimum absolute atomic E-state index is 0. The summed E-state index contributed by atoms with van der Waals surface area (Å²) >= 11 is 0. The van der Waals surface area contributed by atoms with Crippen molar-refractivity contribution in [1.29, 1.82) is 0 Å². The summed E-state index contributed by atoms with van der Waals surface area (Å²) in [5, 5.41) is 3.16. The van der Waals surface area contributed by atoms with Gasteiger partial charge in [-0.2, -0.15) is 0 Å². The molecule has 0 bridgehead atoms. The van der Waals surface area contributed by atoms with Crippen LogP contribution in [0.5, 0.6) is 0 Å². The smallest absolute Gasteiger partial charge is 0.337 e. The number of hydrogen-bond donors (Lipinski definition) is 1. The van der Waals surface area contributed by atoms with Crippen LogP contribution >= 0.6 is 12.4 Å². The Kier molecular flexibility index (Phi) is 7.48. The zero-order chi connectivity index (χ0) is 16.8. The van der Waals surface area contributed by atoms with Crippen LogP contribution in [-0.4, -0.2) is 32.7 Å². The standard InChI is InChI=1S/C17H19NO5.ClH/c1-4-18-10-14-5-6-15(23-14)11-7-12(16(19)21-2)9-13(8-11)17(20)22-3;/h5-9,18H,4,10H2,1-3H3;1H. The Balaban J connectivity index is 0.00000288. The first-order valence-electron chi connectivity index (χ1n) is 7.20. The quantitative estimate of drug-likeness (QED) is 0.804. The van der Waals surface area contributed by atoms with Gasteiger partial charge in [0, 0.05) is 5.56 Å². The summed E-state index contributed by atoms with van der Waals surface area (Å²) in [6.07, 6.45) is 0. The van der Waals surface area contributed by atoms with Gasteiger partial charge >= 0.3 is 11.9 Å². The molecule has 0 radical (unpaired) electrons. The molecule has 130 valence electrons. The topological polar surface area (TPSA) is 77.8 Å². The number of hydrogen-bond acceptors (Lipinski definition) is 6. The minimum Gasteiger partial charge on any atom is -0.465 e. The Bertz CT molecular complexity index is 677. The lowest BCUT2D eigenvalue weighted by Crippen LogP contribution is -2.10. The molecular formula is C17H20ClNO5. The Labute approximate surface area is 146 Å². The molecule has 2 rings (SSSR count). The van der Waals surface area contributed by atoms with Gasteiger partial charge in [0.25, 0.3) is 0 Å². The van der Waals surface area contributed by atoms with Crippen molar-refractivity contribution in [3.05, 3.63) is 47.2 Å². The highest BCUT2D eigenvalue weighted by molar-refractivity contribution is 5.97. The highest BCUT2D eigenvalue weighted by atomic mass is 35.5. The number of rotatable bonds is 6. The van der Waals surface area contributed by atoms with Gasteiger partial charge in [-0.1, -0.05) is 6.92 Å². The van der Waals surface area contributed by atoms with E-state index in [-0.39, 0.29) is 23.5 Å². The fourth-order valence-corrected chi connectivity index (χ4v) is 2.12. The zero-order valence-electron chi connectivity index (χ0n) is 13.8. The normalized spacial score (nSPS) is 9.96. The van der Waals surface area contributed by atoms with Crippen LogP contribution in [0.3, 0.4) is 0 Å². The summed E-state index contributed by atoms with van der Waals surface area (Å²) in [5.41, 5.74) is 1.13. The van der Waals surface area contributed by atoms with Gasteiger partial charge in [-0.3, -0.25) is 0 Å². The first-order valence-corrected chi connectivity index (χ1v) is 7.20. The average molecular weight is 354 g/mol. The molecule has 7 heteroatoms. The monoisotopic (exact) mass is 353 g/mol. The van der Waals surface area contributed by atoms with Crippen molar-refractivity contribution < 1.29 is 23.5 Å². The van der Waals surface area contributed by atoms with Gasteiger partial charge < -0.3 is 19.2 Å². The lowest BCUT2D eigenvalue weighted by molar-refractivity contribution is 0.0599. The van der Waals surface area contributed by atoms with E-state index in [2.05, 4.69) is 5.32 Å². The number of esters is 2. The van der Waals surface area contributed by atoms with Crippen LogP contribution in [0.15, 0.2) is 34.7 Å². The van der Waals surface area contributed by atoms with Gasteiger partial charge in [0.1, 0.15) is 11.5 Å². The molecule has 1 aromatic carbocycles. The minimum atomic E-state index is -0.531. The molecule has 0 aliphatic carbocycles. The van der Waals surface area contributed by atoms with Crippen molar-refractivity contribution in [2.45, 2.75) is 13.5 Å². The summed E-state index contributed by atoms with van der Waals surface area (Å²) in [5.74, 6) is 0.270. The molecule has 24 heavy (non-hydrogen) atoms. The Morgan fingerprint density at radius 3 is 2.12 bits per heavy atom. The van der Waals surface area contributed by atoms with E-state index in [0.29, 0.717) is 17.9 Å². The average Bonchev–Trinajstić information content (AvgIpc) is 3.07. The molecule has 1 heterocycles. The van der Waals surface area contributed by atoms with Crippen LogP contribution < -0.4 is 5.32 Å². The molecule has 1 N–H and O–H groups in total. The molecule has 0 saturated carbocycles. The first kappa shape index (κ1) is 19.7. The van der Waals surface area contributed by atoms with E-state index in [0.717, 1.165) is 12.3 Å². The fourth-order valence-electron chi connectivity index (χ4n) is 2.12. The number of methoxy groups -OCH3 is 2. The second kappa shape index (κ2) is 9.10. The summed E-state index contributed by atoms with van der Waals surface area (Å²) < 4.78 is 15.2. The number of nitrogens with one attached hydrogen (secondary N) is 1. The molecule has 0 saturated heterocycles. The molecule has 6 nitrogen and oxygen atoms in total. The Morgan fingerprint density at radius 2 is 1.62 bits per heavy atom. The lowest BCUT2D eigenvalue weighted by atomic mass is 10.0. The summed E-state index contributed by atoms with van der Waals surface area (Å²) in [6, 6.07) is 8.32. The maximum atomic E-state index is 11.8. The van der Waals surface area contributed by atoms with E-state index in [4.69, 9.17) is 13.9 Å². The van der Waals surface area contributed by atoms with Gasteiger partial charge in [-0.15, -0.1) is 12.4 Å². The SMILES string of the molecule is CCNCc1ccc(-c2cc(C(=O)OC)cc(C(=O)OC)c2)o1.Cl. The van der Waals surface area contributed by atoms with Crippen LogP contribution in [-0.2, 0) is 16.0 Å². The number of ether oxygens (including phenoxy) is 2. The van der Waals surface area contributed by atoms with Crippen molar-refractivity contribution in [1.82, 2.24) is 5.32 Å². The third kappa shape index (κ3) is 4.59. The molecule has 2 aromatic rings. The second-order valence-corrected chi connectivity index (χ2v) is 4.83. The van der Waals surface area contributed by atoms with E-state index >= 15 is 0 Å². The predicted molar refractivity (Wildman–Crippen MR) is 91.5 cm³/mol. The fraction of sp³-hybridized carbons (Fsp3) is 0.294. The van der Waals surface area contributed by atoms with Gasteiger partial charge in [0.15, 0.2) is 0 Å². The molecule has 0 spiro atoms. The van der Waals surface area contributed by atoms with Crippen molar-refractivity contribution in [2.75, 3.05) is 20.8 Å². The lowest BCUT2D eigenvalue weighted by Gasteiger charge is -2.06. The molecule has 0 amide bonds. The third-order valence-electron chi connectivity index (χ3n) is 3.27. The van der Waals surface area contributed by atoms with E-state index in [1.165, 1.54) is 20.3 Å². The maximum absolute atomic E-state index is 11.8. The molecule has 0 fully saturated rings. The van der Waals surface area contributed by atoms with Crippen LogP contribution in [0.25, 0.3) is 11.3 Å². The van der Waals surface area contributed by atoms with Crippen LogP contribution in [0.4, 0.5) is 0 Å². The molecule has 0 aliphatic heterocycles.